The minimum atomic E-state index is -0.398. The molecule has 1 fully saturated rings. The summed E-state index contributed by atoms with van der Waals surface area (Å²) in [6.45, 7) is 9.83. The molecule has 1 aliphatic heterocycles. The fourth-order valence-corrected chi connectivity index (χ4v) is 4.65. The molecule has 4 rings (SSSR count). The van der Waals surface area contributed by atoms with Crippen LogP contribution in [0.15, 0.2) is 60.8 Å². The summed E-state index contributed by atoms with van der Waals surface area (Å²) in [5, 5.41) is 6.14. The summed E-state index contributed by atoms with van der Waals surface area (Å²) in [5.41, 5.74) is 2.08. The van der Waals surface area contributed by atoms with Crippen molar-refractivity contribution in [1.29, 1.82) is 0 Å². The van der Waals surface area contributed by atoms with E-state index < -0.39 is 5.91 Å². The number of piperidine rings is 1. The first-order chi connectivity index (χ1) is 19.1. The molecule has 0 spiro atoms. The number of para-hydroxylation sites is 1. The minimum Gasteiger partial charge on any atom is -0.489 e. The normalized spacial score (nSPS) is 14.5. The number of hydrogen-bond acceptors (Lipinski definition) is 6. The zero-order valence-electron chi connectivity index (χ0n) is 23.5. The Kier molecular flexibility index (Phi) is 9.79. The Bertz CT molecular complexity index is 1320. The van der Waals surface area contributed by atoms with Gasteiger partial charge in [0.15, 0.2) is 0 Å². The molecule has 40 heavy (non-hydrogen) atoms. The van der Waals surface area contributed by atoms with Crippen LogP contribution in [0.1, 0.15) is 59.9 Å². The number of carbonyl (C=O) groups is 2. The summed E-state index contributed by atoms with van der Waals surface area (Å²) in [5.74, 6) is 0.160. The smallest absolute Gasteiger partial charge is 0.259 e. The maximum absolute atomic E-state index is 13.6. The number of ether oxygens (including phenoxy) is 2. The highest BCUT2D eigenvalue weighted by atomic mass is 35.5. The SMILES string of the molecule is COCCN1CCC(Oc2cc(C(C)(C)C)ccc2C(=O)Nc2ccccc2C(=O)Nc2ccc(Cl)cn2)CC1. The molecule has 2 aromatic carbocycles. The quantitative estimate of drug-likeness (QED) is 0.330. The number of nitrogens with zero attached hydrogens (tertiary/aromatic N) is 2. The maximum atomic E-state index is 13.6. The molecule has 9 heteroatoms. The first kappa shape index (κ1) is 29.5. The number of methoxy groups -OCH3 is 1. The summed E-state index contributed by atoms with van der Waals surface area (Å²) < 4.78 is 11.7. The van der Waals surface area contributed by atoms with Gasteiger partial charge in [-0.05, 0) is 60.2 Å². The summed E-state index contributed by atoms with van der Waals surface area (Å²) >= 11 is 5.90. The molecule has 0 aliphatic carbocycles. The Balaban J connectivity index is 1.53. The summed E-state index contributed by atoms with van der Waals surface area (Å²) in [6, 6.07) is 15.8. The van der Waals surface area contributed by atoms with Gasteiger partial charge in [-0.25, -0.2) is 4.98 Å². The van der Waals surface area contributed by atoms with Gasteiger partial charge in [-0.15, -0.1) is 0 Å². The first-order valence-corrected chi connectivity index (χ1v) is 13.9. The molecule has 2 N–H and O–H groups in total. The van der Waals surface area contributed by atoms with E-state index in [9.17, 15) is 9.59 Å². The van der Waals surface area contributed by atoms with Gasteiger partial charge in [-0.3, -0.25) is 9.59 Å². The third-order valence-electron chi connectivity index (χ3n) is 6.92. The molecule has 2 heterocycles. The van der Waals surface area contributed by atoms with Gasteiger partial charge in [0.1, 0.15) is 17.7 Å². The van der Waals surface area contributed by atoms with E-state index in [0.717, 1.165) is 38.0 Å². The van der Waals surface area contributed by atoms with Crippen LogP contribution in [-0.2, 0) is 10.2 Å². The molecule has 212 valence electrons. The van der Waals surface area contributed by atoms with Crippen molar-refractivity contribution in [2.45, 2.75) is 45.1 Å². The van der Waals surface area contributed by atoms with Crippen LogP contribution in [0.25, 0.3) is 0 Å². The molecule has 3 aromatic rings. The molecule has 8 nitrogen and oxygen atoms in total. The van der Waals surface area contributed by atoms with E-state index in [0.29, 0.717) is 40.0 Å². The van der Waals surface area contributed by atoms with Gasteiger partial charge in [-0.1, -0.05) is 50.6 Å². The highest BCUT2D eigenvalue weighted by Crippen LogP contribution is 2.31. The van der Waals surface area contributed by atoms with Crippen LogP contribution in [0, 0.1) is 0 Å². The standard InChI is InChI=1S/C31H37ClN4O4/c1-31(2,3)21-9-11-25(27(19-21)40-23-13-15-36(16-14-23)17-18-39-4)30(38)34-26-8-6-5-7-24(26)29(37)35-28-12-10-22(32)20-33-28/h5-12,19-20,23H,13-18H2,1-4H3,(H,34,38)(H,33,35,37). The monoisotopic (exact) mass is 564 g/mol. The number of benzene rings is 2. The number of anilines is 2. The van der Waals surface area contributed by atoms with E-state index in [1.54, 1.807) is 49.6 Å². The van der Waals surface area contributed by atoms with Gasteiger partial charge in [-0.2, -0.15) is 0 Å². The van der Waals surface area contributed by atoms with Gasteiger partial charge in [0.2, 0.25) is 0 Å². The Hall–Kier alpha value is -3.46. The van der Waals surface area contributed by atoms with Gasteiger partial charge in [0.05, 0.1) is 28.4 Å². The number of halogens is 1. The second-order valence-corrected chi connectivity index (χ2v) is 11.4. The largest absolute Gasteiger partial charge is 0.489 e. The average Bonchev–Trinajstić information content (AvgIpc) is 2.93. The van der Waals surface area contributed by atoms with Crippen LogP contribution in [-0.4, -0.2) is 61.2 Å². The lowest BCUT2D eigenvalue weighted by molar-refractivity contribution is 0.0783. The average molecular weight is 565 g/mol. The topological polar surface area (TPSA) is 92.8 Å². The molecule has 0 bridgehead atoms. The van der Waals surface area contributed by atoms with Crippen LogP contribution >= 0.6 is 11.6 Å². The van der Waals surface area contributed by atoms with E-state index in [4.69, 9.17) is 21.1 Å². The molecule has 0 unspecified atom stereocenters. The van der Waals surface area contributed by atoms with Crippen molar-refractivity contribution >= 4 is 34.9 Å². The van der Waals surface area contributed by atoms with Gasteiger partial charge in [0.25, 0.3) is 11.8 Å². The van der Waals surface area contributed by atoms with Crippen LogP contribution in [0.2, 0.25) is 5.02 Å². The van der Waals surface area contributed by atoms with Crippen molar-refractivity contribution in [3.8, 4) is 5.75 Å². The molecule has 0 atom stereocenters. The Morgan fingerprint density at radius 3 is 2.40 bits per heavy atom. The number of hydrogen-bond donors (Lipinski definition) is 2. The van der Waals surface area contributed by atoms with E-state index in [1.165, 1.54) is 6.20 Å². The molecule has 0 radical (unpaired) electrons. The molecule has 1 aromatic heterocycles. The Morgan fingerprint density at radius 1 is 1.00 bits per heavy atom. The predicted molar refractivity (Wildman–Crippen MR) is 159 cm³/mol. The van der Waals surface area contributed by atoms with Crippen molar-refractivity contribution in [2.24, 2.45) is 0 Å². The lowest BCUT2D eigenvalue weighted by atomic mass is 9.86. The molecular formula is C31H37ClN4O4. The van der Waals surface area contributed by atoms with Crippen molar-refractivity contribution < 1.29 is 19.1 Å². The molecule has 0 saturated carbocycles. The van der Waals surface area contributed by atoms with E-state index in [1.807, 2.05) is 12.1 Å². The summed E-state index contributed by atoms with van der Waals surface area (Å²) in [7, 11) is 1.71. The lowest BCUT2D eigenvalue weighted by Gasteiger charge is -2.32. The van der Waals surface area contributed by atoms with Crippen molar-refractivity contribution in [3.05, 3.63) is 82.5 Å². The van der Waals surface area contributed by atoms with Crippen LogP contribution in [0.5, 0.6) is 5.75 Å². The fourth-order valence-electron chi connectivity index (χ4n) is 4.54. The Labute approximate surface area is 241 Å². The molecular weight excluding hydrogens is 528 g/mol. The van der Waals surface area contributed by atoms with Gasteiger partial charge in [0, 0.05) is 32.9 Å². The number of likely N-dealkylation sites (tertiary alicyclic amines) is 1. The number of amides is 2. The Morgan fingerprint density at radius 2 is 1.73 bits per heavy atom. The zero-order valence-corrected chi connectivity index (χ0v) is 24.3. The number of nitrogens with one attached hydrogen (secondary N) is 2. The summed E-state index contributed by atoms with van der Waals surface area (Å²) in [6.07, 6.45) is 3.20. The predicted octanol–water partition coefficient (Wildman–Crippen LogP) is 6.03. The number of aromatic nitrogens is 1. The highest BCUT2D eigenvalue weighted by Gasteiger charge is 2.25. The molecule has 2 amide bonds. The van der Waals surface area contributed by atoms with Crippen LogP contribution < -0.4 is 15.4 Å². The first-order valence-electron chi connectivity index (χ1n) is 13.5. The highest BCUT2D eigenvalue weighted by molar-refractivity contribution is 6.30. The second-order valence-electron chi connectivity index (χ2n) is 10.9. The van der Waals surface area contributed by atoms with E-state index >= 15 is 0 Å². The minimum absolute atomic E-state index is 0.00510. The van der Waals surface area contributed by atoms with Crippen molar-refractivity contribution in [2.75, 3.05) is 44.0 Å². The maximum Gasteiger partial charge on any atom is 0.259 e. The number of pyridine rings is 1. The number of rotatable bonds is 9. The third-order valence-corrected chi connectivity index (χ3v) is 7.14. The molecule has 1 aliphatic rings. The van der Waals surface area contributed by atoms with Gasteiger partial charge >= 0.3 is 0 Å². The molecule has 1 saturated heterocycles. The lowest BCUT2D eigenvalue weighted by Crippen LogP contribution is -2.40. The van der Waals surface area contributed by atoms with Crippen molar-refractivity contribution in [1.82, 2.24) is 9.88 Å². The van der Waals surface area contributed by atoms with Gasteiger partial charge < -0.3 is 25.0 Å². The van der Waals surface area contributed by atoms with Crippen molar-refractivity contribution in [3.63, 3.8) is 0 Å². The van der Waals surface area contributed by atoms with E-state index in [-0.39, 0.29) is 17.4 Å². The zero-order chi connectivity index (χ0) is 28.7. The number of carbonyl (C=O) groups excluding carboxylic acids is 2. The van der Waals surface area contributed by atoms with E-state index in [2.05, 4.69) is 41.3 Å². The van der Waals surface area contributed by atoms with Crippen LogP contribution in [0.3, 0.4) is 0 Å². The second kappa shape index (κ2) is 13.3. The fraction of sp³-hybridized carbons (Fsp3) is 0.387. The third kappa shape index (κ3) is 7.81. The summed E-state index contributed by atoms with van der Waals surface area (Å²) in [4.78, 5) is 33.1. The van der Waals surface area contributed by atoms with Crippen LogP contribution in [0.4, 0.5) is 11.5 Å².